The molecule has 0 aliphatic carbocycles. The van der Waals surface area contributed by atoms with E-state index in [1.54, 1.807) is 6.07 Å². The van der Waals surface area contributed by atoms with Crippen LogP contribution in [-0.4, -0.2) is 10.9 Å². The quantitative estimate of drug-likeness (QED) is 0.652. The van der Waals surface area contributed by atoms with E-state index in [2.05, 4.69) is 0 Å². The van der Waals surface area contributed by atoms with Crippen LogP contribution in [0.5, 0.6) is 5.75 Å². The monoisotopic (exact) mass is 356 g/mol. The van der Waals surface area contributed by atoms with Crippen LogP contribution < -0.4 is 0 Å². The van der Waals surface area contributed by atoms with Crippen molar-refractivity contribution in [2.24, 2.45) is 0 Å². The Kier molecular flexibility index (Phi) is 4.80. The highest BCUT2D eigenvalue weighted by Crippen LogP contribution is 2.27. The number of halogens is 3. The number of hydrogen-bond acceptors (Lipinski definition) is 2. The van der Waals surface area contributed by atoms with Gasteiger partial charge in [-0.15, -0.1) is 0 Å². The third-order valence-electron chi connectivity index (χ3n) is 4.27. The molecular formula is C21H15F3O2. The van der Waals surface area contributed by atoms with E-state index in [0.717, 1.165) is 12.1 Å². The molecule has 0 unspecified atom stereocenters. The Morgan fingerprint density at radius 1 is 0.923 bits per heavy atom. The maximum absolute atomic E-state index is 14.2. The normalized spacial score (nSPS) is 10.8. The van der Waals surface area contributed by atoms with Crippen molar-refractivity contribution in [3.8, 4) is 16.9 Å². The molecule has 26 heavy (non-hydrogen) atoms. The summed E-state index contributed by atoms with van der Waals surface area (Å²) in [6.45, 7) is 1.49. The lowest BCUT2D eigenvalue weighted by Gasteiger charge is -2.10. The van der Waals surface area contributed by atoms with Crippen molar-refractivity contribution in [1.82, 2.24) is 0 Å². The zero-order valence-corrected chi connectivity index (χ0v) is 13.9. The van der Waals surface area contributed by atoms with Crippen LogP contribution in [-0.2, 0) is 6.42 Å². The molecule has 0 saturated carbocycles. The summed E-state index contributed by atoms with van der Waals surface area (Å²) in [4.78, 5) is 12.5. The molecule has 5 heteroatoms. The zero-order valence-electron chi connectivity index (χ0n) is 13.9. The number of phenols is 1. The average Bonchev–Trinajstić information content (AvgIpc) is 2.62. The number of carbonyl (C=O) groups is 1. The number of Topliss-reactive ketones (excluding diaryl/α,β-unsaturated/α-hetero) is 1. The summed E-state index contributed by atoms with van der Waals surface area (Å²) >= 11 is 0. The molecule has 0 aromatic heterocycles. The number of carbonyl (C=O) groups excluding carboxylic acids is 1. The molecule has 0 spiro atoms. The summed E-state index contributed by atoms with van der Waals surface area (Å²) in [5, 5.41) is 9.69. The molecular weight excluding hydrogens is 341 g/mol. The lowest BCUT2D eigenvalue weighted by Crippen LogP contribution is -2.09. The van der Waals surface area contributed by atoms with E-state index < -0.39 is 29.7 Å². The fourth-order valence-corrected chi connectivity index (χ4v) is 2.77. The van der Waals surface area contributed by atoms with Crippen molar-refractivity contribution in [3.05, 3.63) is 88.7 Å². The smallest absolute Gasteiger partial charge is 0.170 e. The van der Waals surface area contributed by atoms with Crippen molar-refractivity contribution in [2.75, 3.05) is 0 Å². The van der Waals surface area contributed by atoms with Crippen LogP contribution in [0.3, 0.4) is 0 Å². The maximum Gasteiger partial charge on any atom is 0.170 e. The summed E-state index contributed by atoms with van der Waals surface area (Å²) in [5.74, 6) is -2.60. The Balaban J connectivity index is 1.98. The molecule has 1 N–H and O–H groups in total. The first-order chi connectivity index (χ1) is 12.4. The van der Waals surface area contributed by atoms with E-state index in [1.165, 1.54) is 43.3 Å². The van der Waals surface area contributed by atoms with E-state index in [0.29, 0.717) is 11.1 Å². The number of rotatable bonds is 4. The first kappa shape index (κ1) is 17.7. The van der Waals surface area contributed by atoms with Gasteiger partial charge in [-0.3, -0.25) is 4.79 Å². The molecule has 3 rings (SSSR count). The van der Waals surface area contributed by atoms with Crippen LogP contribution in [0.15, 0.2) is 54.6 Å². The molecule has 0 atom stereocenters. The van der Waals surface area contributed by atoms with Gasteiger partial charge in [0.15, 0.2) is 5.78 Å². The molecule has 3 aromatic rings. The zero-order chi connectivity index (χ0) is 18.8. The molecule has 0 fully saturated rings. The van der Waals surface area contributed by atoms with Crippen molar-refractivity contribution >= 4 is 5.78 Å². The maximum atomic E-state index is 14.2. The van der Waals surface area contributed by atoms with Crippen LogP contribution in [0.1, 0.15) is 21.5 Å². The van der Waals surface area contributed by atoms with E-state index in [4.69, 9.17) is 0 Å². The molecule has 132 valence electrons. The topological polar surface area (TPSA) is 37.3 Å². The highest BCUT2D eigenvalue weighted by Gasteiger charge is 2.18. The van der Waals surface area contributed by atoms with E-state index in [9.17, 15) is 23.1 Å². The van der Waals surface area contributed by atoms with Crippen LogP contribution in [0.2, 0.25) is 0 Å². The number of phenolic OH excluding ortho intramolecular Hbond substituents is 1. The fraction of sp³-hybridized carbons (Fsp3) is 0.0952. The fourth-order valence-electron chi connectivity index (χ4n) is 2.77. The first-order valence-electron chi connectivity index (χ1n) is 7.92. The van der Waals surface area contributed by atoms with Gasteiger partial charge in [0.25, 0.3) is 0 Å². The van der Waals surface area contributed by atoms with Crippen LogP contribution in [0.25, 0.3) is 11.1 Å². The van der Waals surface area contributed by atoms with Crippen molar-refractivity contribution in [3.63, 3.8) is 0 Å². The molecule has 0 aliphatic heterocycles. The second kappa shape index (κ2) is 7.04. The Labute approximate surface area is 148 Å². The second-order valence-corrected chi connectivity index (χ2v) is 5.97. The SMILES string of the molecule is Cc1c(O)ccc(F)c1CC(=O)c1cc(-c2cccc(F)c2)ccc1F. The standard InChI is InChI=1S/C21H15F3O2/c1-12-16(18(23)7-8-20(12)25)11-21(26)17-10-14(5-6-19(17)24)13-3-2-4-15(22)9-13/h2-10,25H,11H2,1H3. The van der Waals surface area contributed by atoms with Gasteiger partial charge in [0.05, 0.1) is 5.56 Å². The van der Waals surface area contributed by atoms with Crippen LogP contribution in [0, 0.1) is 24.4 Å². The molecule has 0 heterocycles. The second-order valence-electron chi connectivity index (χ2n) is 5.97. The van der Waals surface area contributed by atoms with Crippen molar-refractivity contribution in [2.45, 2.75) is 13.3 Å². The number of aromatic hydroxyl groups is 1. The predicted molar refractivity (Wildman–Crippen MR) is 92.6 cm³/mol. The van der Waals surface area contributed by atoms with Crippen LogP contribution >= 0.6 is 0 Å². The highest BCUT2D eigenvalue weighted by atomic mass is 19.1. The number of benzene rings is 3. The molecule has 0 saturated heterocycles. The molecule has 0 aliphatic rings. The Morgan fingerprint density at radius 3 is 2.35 bits per heavy atom. The minimum absolute atomic E-state index is 0.0190. The van der Waals surface area contributed by atoms with E-state index in [-0.39, 0.29) is 22.4 Å². The summed E-state index contributed by atoms with van der Waals surface area (Å²) in [6, 6.07) is 11.9. The van der Waals surface area contributed by atoms with Crippen molar-refractivity contribution in [1.29, 1.82) is 0 Å². The lowest BCUT2D eigenvalue weighted by molar-refractivity contribution is 0.0987. The summed E-state index contributed by atoms with van der Waals surface area (Å²) < 4.78 is 41.6. The lowest BCUT2D eigenvalue weighted by atomic mass is 9.95. The van der Waals surface area contributed by atoms with Gasteiger partial charge in [-0.1, -0.05) is 18.2 Å². The Hall–Kier alpha value is -3.08. The molecule has 3 aromatic carbocycles. The number of ketones is 1. The summed E-state index contributed by atoms with van der Waals surface area (Å²) in [7, 11) is 0. The van der Waals surface area contributed by atoms with Gasteiger partial charge < -0.3 is 5.11 Å². The molecule has 2 nitrogen and oxygen atoms in total. The van der Waals surface area contributed by atoms with E-state index >= 15 is 0 Å². The third kappa shape index (κ3) is 3.47. The minimum atomic E-state index is -0.742. The van der Waals surface area contributed by atoms with Gasteiger partial charge in [-0.05, 0) is 60.0 Å². The minimum Gasteiger partial charge on any atom is -0.508 e. The van der Waals surface area contributed by atoms with Crippen LogP contribution in [0.4, 0.5) is 13.2 Å². The third-order valence-corrected chi connectivity index (χ3v) is 4.27. The molecule has 0 bridgehead atoms. The highest BCUT2D eigenvalue weighted by molar-refractivity contribution is 5.99. The molecule has 0 radical (unpaired) electrons. The van der Waals surface area contributed by atoms with Crippen molar-refractivity contribution < 1.29 is 23.1 Å². The van der Waals surface area contributed by atoms with Gasteiger partial charge in [-0.25, -0.2) is 13.2 Å². The van der Waals surface area contributed by atoms with Gasteiger partial charge >= 0.3 is 0 Å². The van der Waals surface area contributed by atoms with Gasteiger partial charge in [0.2, 0.25) is 0 Å². The predicted octanol–water partition coefficient (Wildman–Crippen LogP) is 5.21. The Morgan fingerprint density at radius 2 is 1.62 bits per heavy atom. The summed E-state index contributed by atoms with van der Waals surface area (Å²) in [5.41, 5.74) is 1.01. The van der Waals surface area contributed by atoms with Gasteiger partial charge in [0, 0.05) is 12.0 Å². The Bertz CT molecular complexity index is 997. The number of hydrogen-bond donors (Lipinski definition) is 1. The first-order valence-corrected chi connectivity index (χ1v) is 7.92. The van der Waals surface area contributed by atoms with Gasteiger partial charge in [0.1, 0.15) is 23.2 Å². The van der Waals surface area contributed by atoms with E-state index in [1.807, 2.05) is 0 Å². The largest absolute Gasteiger partial charge is 0.508 e. The van der Waals surface area contributed by atoms with Gasteiger partial charge in [-0.2, -0.15) is 0 Å². The summed E-state index contributed by atoms with van der Waals surface area (Å²) in [6.07, 6.45) is -0.393. The molecule has 0 amide bonds. The average molecular weight is 356 g/mol.